The third kappa shape index (κ3) is 7.99. The van der Waals surface area contributed by atoms with Crippen LogP contribution in [0, 0.1) is 5.92 Å². The summed E-state index contributed by atoms with van der Waals surface area (Å²) in [5.74, 6) is -2.60. The maximum absolute atomic E-state index is 13.1. The predicted molar refractivity (Wildman–Crippen MR) is 164 cm³/mol. The summed E-state index contributed by atoms with van der Waals surface area (Å²) in [5, 5.41) is 9.50. The molecule has 1 unspecified atom stereocenters. The summed E-state index contributed by atoms with van der Waals surface area (Å²) in [5.41, 5.74) is 8.62. The van der Waals surface area contributed by atoms with Gasteiger partial charge in [-0.15, -0.1) is 0 Å². The lowest BCUT2D eigenvalue weighted by molar-refractivity contribution is -0.192. The van der Waals surface area contributed by atoms with Crippen LogP contribution in [0.15, 0.2) is 23.0 Å². The van der Waals surface area contributed by atoms with Gasteiger partial charge in [-0.25, -0.2) is 9.59 Å². The average Bonchev–Trinajstić information content (AvgIpc) is 3.57. The molecule has 1 aliphatic carbocycles. The molecule has 4 heterocycles. The quantitative estimate of drug-likeness (QED) is 0.397. The third-order valence-corrected chi connectivity index (χ3v) is 9.90. The Balaban J connectivity index is 0.000000537. The molecule has 0 spiro atoms. The molecule has 15 heteroatoms. The second kappa shape index (κ2) is 14.2. The average molecular weight is 652 g/mol. The highest BCUT2D eigenvalue weighted by atomic mass is 19.4. The molecule has 4 fully saturated rings. The number of imide groups is 1. The number of piperazine rings is 1. The fourth-order valence-electron chi connectivity index (χ4n) is 7.29. The number of amides is 2. The van der Waals surface area contributed by atoms with Crippen LogP contribution in [0.1, 0.15) is 56.6 Å². The number of aliphatic carboxylic acids is 1. The van der Waals surface area contributed by atoms with Crippen LogP contribution in [0.2, 0.25) is 0 Å². The summed E-state index contributed by atoms with van der Waals surface area (Å²) < 4.78 is 34.9. The number of halogens is 3. The molecule has 4 aliphatic rings. The van der Waals surface area contributed by atoms with Gasteiger partial charge in [0.15, 0.2) is 0 Å². The molecule has 2 amide bonds. The normalized spacial score (nSPS) is 27.0. The predicted octanol–water partition coefficient (Wildman–Crippen LogP) is 1.66. The number of rotatable bonds is 6. The van der Waals surface area contributed by atoms with E-state index in [0.717, 1.165) is 49.7 Å². The minimum absolute atomic E-state index is 0.220. The first kappa shape index (κ1) is 34.1. The Bertz CT molecular complexity index is 1480. The molecular formula is C31H44F3N7O5. The van der Waals surface area contributed by atoms with Crippen molar-refractivity contribution in [3.05, 3.63) is 34.2 Å². The van der Waals surface area contributed by atoms with Crippen molar-refractivity contribution in [2.24, 2.45) is 18.7 Å². The molecular weight excluding hydrogens is 607 g/mol. The number of nitrogens with zero attached hydrogens (tertiary/aromatic N) is 5. The van der Waals surface area contributed by atoms with Gasteiger partial charge in [-0.3, -0.25) is 33.8 Å². The van der Waals surface area contributed by atoms with Crippen molar-refractivity contribution in [2.45, 2.75) is 75.8 Å². The van der Waals surface area contributed by atoms with Gasteiger partial charge in [-0.2, -0.15) is 13.2 Å². The maximum Gasteiger partial charge on any atom is 0.490 e. The van der Waals surface area contributed by atoms with Crippen LogP contribution in [0.4, 0.5) is 13.2 Å². The van der Waals surface area contributed by atoms with Crippen LogP contribution in [-0.4, -0.2) is 111 Å². The highest BCUT2D eigenvalue weighted by Gasteiger charge is 2.38. The number of likely N-dealkylation sites (tertiary alicyclic amines) is 1. The smallest absolute Gasteiger partial charge is 0.475 e. The van der Waals surface area contributed by atoms with E-state index >= 15 is 0 Å². The monoisotopic (exact) mass is 651 g/mol. The zero-order valence-corrected chi connectivity index (χ0v) is 26.2. The molecule has 6 rings (SSSR count). The summed E-state index contributed by atoms with van der Waals surface area (Å²) in [6, 6.07) is 6.57. The molecule has 2 atom stereocenters. The highest BCUT2D eigenvalue weighted by Crippen LogP contribution is 2.27. The maximum atomic E-state index is 13.1. The topological polar surface area (TPSA) is 146 Å². The second-order valence-corrected chi connectivity index (χ2v) is 13.1. The Morgan fingerprint density at radius 3 is 2.26 bits per heavy atom. The number of aromatic nitrogens is 2. The number of carbonyl (C=O) groups is 3. The van der Waals surface area contributed by atoms with Crippen molar-refractivity contribution in [3.63, 3.8) is 0 Å². The largest absolute Gasteiger partial charge is 0.490 e. The lowest BCUT2D eigenvalue weighted by atomic mass is 9.86. The number of fused-ring (bicyclic) bond motifs is 1. The van der Waals surface area contributed by atoms with Gasteiger partial charge < -0.3 is 15.7 Å². The first-order valence-corrected chi connectivity index (χ1v) is 16.1. The number of piperidine rings is 1. The van der Waals surface area contributed by atoms with E-state index in [1.165, 1.54) is 57.3 Å². The Morgan fingerprint density at radius 2 is 1.63 bits per heavy atom. The number of carboxylic acid groups (broad SMARTS) is 1. The summed E-state index contributed by atoms with van der Waals surface area (Å²) in [4.78, 5) is 53.9. The molecule has 3 aliphatic heterocycles. The molecule has 4 N–H and O–H groups in total. The first-order chi connectivity index (χ1) is 21.8. The van der Waals surface area contributed by atoms with Gasteiger partial charge >= 0.3 is 17.8 Å². The van der Waals surface area contributed by atoms with Crippen LogP contribution in [0.25, 0.3) is 11.0 Å². The van der Waals surface area contributed by atoms with Gasteiger partial charge in [-0.05, 0) is 68.7 Å². The summed E-state index contributed by atoms with van der Waals surface area (Å²) >= 11 is 0. The fraction of sp³-hybridized carbons (Fsp3) is 0.677. The minimum Gasteiger partial charge on any atom is -0.475 e. The molecule has 3 saturated heterocycles. The van der Waals surface area contributed by atoms with Crippen LogP contribution in [0.3, 0.4) is 0 Å². The van der Waals surface area contributed by atoms with E-state index in [1.807, 2.05) is 6.07 Å². The molecule has 0 bridgehead atoms. The van der Waals surface area contributed by atoms with Crippen LogP contribution >= 0.6 is 0 Å². The number of alkyl halides is 3. The van der Waals surface area contributed by atoms with Crippen LogP contribution in [-0.2, 0) is 28.0 Å². The summed E-state index contributed by atoms with van der Waals surface area (Å²) in [7, 11) is 1.75. The lowest BCUT2D eigenvalue weighted by Crippen LogP contribution is -2.50. The van der Waals surface area contributed by atoms with Crippen molar-refractivity contribution < 1.29 is 32.7 Å². The van der Waals surface area contributed by atoms with E-state index in [9.17, 15) is 27.6 Å². The lowest BCUT2D eigenvalue weighted by Gasteiger charge is -2.38. The Labute approximate surface area is 265 Å². The number of nitrogens with one attached hydrogen (secondary N) is 1. The zero-order chi connectivity index (χ0) is 33.2. The molecule has 0 radical (unpaired) electrons. The van der Waals surface area contributed by atoms with Crippen molar-refractivity contribution in [3.8, 4) is 0 Å². The molecule has 2 aromatic rings. The standard InChI is InChI=1S/C29H43N7O3.C2HF3O2/c1-32-26-16-21(4-7-24(26)36(29(32)39)25-8-9-27(37)31-28(25)38)18-33-12-14-35(15-13-33)23-10-11-34(19-23)17-20-2-5-22(30)6-3-20;3-2(4,5)1(6)7/h4,7,16,20,22-23,25H,2-3,5-6,8-15,17-19,30H2,1H3,(H,31,37,38);(H,6,7)/t20?,22?,23-,25?;/m1./s1. The van der Waals surface area contributed by atoms with Gasteiger partial charge in [0.1, 0.15) is 6.04 Å². The molecule has 46 heavy (non-hydrogen) atoms. The molecule has 1 aromatic heterocycles. The minimum atomic E-state index is -5.08. The van der Waals surface area contributed by atoms with E-state index < -0.39 is 24.1 Å². The fourth-order valence-corrected chi connectivity index (χ4v) is 7.29. The van der Waals surface area contributed by atoms with E-state index in [0.29, 0.717) is 18.5 Å². The third-order valence-electron chi connectivity index (χ3n) is 9.90. The van der Waals surface area contributed by atoms with Gasteiger partial charge in [0.25, 0.3) is 0 Å². The number of carboxylic acids is 1. The molecule has 254 valence electrons. The number of carbonyl (C=O) groups excluding carboxylic acids is 2. The molecule has 12 nitrogen and oxygen atoms in total. The van der Waals surface area contributed by atoms with Crippen molar-refractivity contribution in [1.82, 2.24) is 29.2 Å². The number of aryl methyl sites for hydroxylation is 1. The zero-order valence-electron chi connectivity index (χ0n) is 26.2. The highest BCUT2D eigenvalue weighted by molar-refractivity contribution is 6.00. The number of nitrogens with two attached hydrogens (primary N) is 1. The van der Waals surface area contributed by atoms with Crippen LogP contribution in [0.5, 0.6) is 0 Å². The summed E-state index contributed by atoms with van der Waals surface area (Å²) in [6.07, 6.45) is 1.77. The van der Waals surface area contributed by atoms with E-state index in [-0.39, 0.29) is 18.0 Å². The van der Waals surface area contributed by atoms with E-state index in [4.69, 9.17) is 15.6 Å². The Hall–Kier alpha value is -3.27. The van der Waals surface area contributed by atoms with Crippen molar-refractivity contribution >= 4 is 28.8 Å². The Morgan fingerprint density at radius 1 is 0.957 bits per heavy atom. The molecule has 1 saturated carbocycles. The van der Waals surface area contributed by atoms with Gasteiger partial charge in [0.2, 0.25) is 11.8 Å². The number of hydrogen-bond donors (Lipinski definition) is 3. The van der Waals surface area contributed by atoms with E-state index in [2.05, 4.69) is 32.1 Å². The number of benzene rings is 1. The molecule has 1 aromatic carbocycles. The van der Waals surface area contributed by atoms with Gasteiger partial charge in [-0.1, -0.05) is 6.07 Å². The number of hydrogen-bond acceptors (Lipinski definition) is 8. The van der Waals surface area contributed by atoms with Crippen molar-refractivity contribution in [1.29, 1.82) is 0 Å². The van der Waals surface area contributed by atoms with Crippen molar-refractivity contribution in [2.75, 3.05) is 45.8 Å². The second-order valence-electron chi connectivity index (χ2n) is 13.1. The van der Waals surface area contributed by atoms with Gasteiger partial charge in [0, 0.05) is 71.4 Å². The summed E-state index contributed by atoms with van der Waals surface area (Å²) in [6.45, 7) is 8.83. The van der Waals surface area contributed by atoms with Gasteiger partial charge in [0.05, 0.1) is 11.0 Å². The Kier molecular flexibility index (Phi) is 10.5. The SMILES string of the molecule is Cn1c(=O)n(C2CCC(=O)NC2=O)c2ccc(CN3CCN([C@@H]4CCN(CC5CCC(N)CC5)C4)CC3)cc21.O=C(O)C(F)(F)F. The van der Waals surface area contributed by atoms with E-state index in [1.54, 1.807) is 16.2 Å². The number of imidazole rings is 1. The van der Waals surface area contributed by atoms with Crippen LogP contribution < -0.4 is 16.7 Å². The first-order valence-electron chi connectivity index (χ1n) is 16.1.